The first-order valence-corrected chi connectivity index (χ1v) is 9.30. The molecule has 3 aromatic rings. The zero-order valence-electron chi connectivity index (χ0n) is 15.7. The van der Waals surface area contributed by atoms with Gasteiger partial charge in [0.05, 0.1) is 17.9 Å². The summed E-state index contributed by atoms with van der Waals surface area (Å²) in [5.41, 5.74) is 9.44. The molecule has 3 heterocycles. The minimum Gasteiger partial charge on any atom is -0.472 e. The van der Waals surface area contributed by atoms with Crippen LogP contribution in [0.25, 0.3) is 11.3 Å². The van der Waals surface area contributed by atoms with Gasteiger partial charge in [-0.3, -0.25) is 4.79 Å². The van der Waals surface area contributed by atoms with Gasteiger partial charge in [-0.25, -0.2) is 9.97 Å². The maximum atomic E-state index is 12.1. The van der Waals surface area contributed by atoms with Crippen LogP contribution < -0.4 is 15.4 Å². The smallest absolute Gasteiger partial charge is 0.269 e. The van der Waals surface area contributed by atoms with E-state index in [2.05, 4.69) is 14.9 Å². The number of hydrogen-bond donors (Lipinski definition) is 1. The van der Waals surface area contributed by atoms with Crippen molar-refractivity contribution in [2.45, 2.75) is 19.4 Å². The Bertz CT molecular complexity index is 974. The van der Waals surface area contributed by atoms with Gasteiger partial charge < -0.3 is 15.4 Å². The van der Waals surface area contributed by atoms with Gasteiger partial charge in [-0.15, -0.1) is 0 Å². The SMILES string of the molecule is Cc1ccc(O[C@@H]2CCN(c3ccc(-c4ccccc4)nc3C(N)=O)C2)nc1. The number of ether oxygens (including phenoxy) is 1. The molecule has 1 aliphatic rings. The van der Waals surface area contributed by atoms with Crippen LogP contribution in [0.5, 0.6) is 5.88 Å². The summed E-state index contributed by atoms with van der Waals surface area (Å²) in [6, 6.07) is 17.4. The number of hydrogen-bond acceptors (Lipinski definition) is 5. The number of aryl methyl sites for hydroxylation is 1. The van der Waals surface area contributed by atoms with Gasteiger partial charge in [-0.1, -0.05) is 36.4 Å². The molecule has 0 unspecified atom stereocenters. The first-order valence-electron chi connectivity index (χ1n) is 9.30. The third-order valence-electron chi connectivity index (χ3n) is 4.83. The van der Waals surface area contributed by atoms with Gasteiger partial charge in [-0.05, 0) is 24.6 Å². The molecule has 0 saturated carbocycles. The second-order valence-electron chi connectivity index (χ2n) is 6.94. The Balaban J connectivity index is 1.54. The van der Waals surface area contributed by atoms with Crippen molar-refractivity contribution in [3.8, 4) is 17.1 Å². The quantitative estimate of drug-likeness (QED) is 0.742. The lowest BCUT2D eigenvalue weighted by molar-refractivity contribution is 0.0996. The van der Waals surface area contributed by atoms with E-state index in [-0.39, 0.29) is 11.8 Å². The Kier molecular flexibility index (Phi) is 4.93. The van der Waals surface area contributed by atoms with E-state index in [1.54, 1.807) is 6.20 Å². The van der Waals surface area contributed by atoms with Gasteiger partial charge >= 0.3 is 0 Å². The van der Waals surface area contributed by atoms with Crippen LogP contribution in [-0.2, 0) is 0 Å². The molecule has 1 aromatic carbocycles. The van der Waals surface area contributed by atoms with E-state index in [0.29, 0.717) is 12.4 Å². The first-order chi connectivity index (χ1) is 13.6. The summed E-state index contributed by atoms with van der Waals surface area (Å²) in [6.07, 6.45) is 2.64. The number of amides is 1. The number of carbonyl (C=O) groups is 1. The van der Waals surface area contributed by atoms with Crippen LogP contribution in [0.2, 0.25) is 0 Å². The second kappa shape index (κ2) is 7.68. The highest BCUT2D eigenvalue weighted by molar-refractivity contribution is 5.97. The lowest BCUT2D eigenvalue weighted by atomic mass is 10.1. The number of pyridine rings is 2. The molecular weight excluding hydrogens is 352 g/mol. The zero-order valence-corrected chi connectivity index (χ0v) is 15.7. The van der Waals surface area contributed by atoms with Crippen molar-refractivity contribution in [1.29, 1.82) is 0 Å². The molecule has 1 atom stereocenters. The van der Waals surface area contributed by atoms with E-state index in [9.17, 15) is 4.79 Å². The molecule has 6 nitrogen and oxygen atoms in total. The average Bonchev–Trinajstić information content (AvgIpc) is 3.18. The van der Waals surface area contributed by atoms with Crippen LogP contribution in [0.15, 0.2) is 60.8 Å². The first kappa shape index (κ1) is 18.0. The van der Waals surface area contributed by atoms with Gasteiger partial charge in [-0.2, -0.15) is 0 Å². The molecule has 4 rings (SSSR count). The van der Waals surface area contributed by atoms with Crippen LogP contribution in [-0.4, -0.2) is 35.1 Å². The van der Waals surface area contributed by atoms with Crippen LogP contribution in [0.4, 0.5) is 5.69 Å². The Morgan fingerprint density at radius 1 is 1.14 bits per heavy atom. The molecule has 142 valence electrons. The van der Waals surface area contributed by atoms with Crippen molar-refractivity contribution < 1.29 is 9.53 Å². The van der Waals surface area contributed by atoms with Crippen LogP contribution in [0.1, 0.15) is 22.5 Å². The molecule has 0 bridgehead atoms. The number of carbonyl (C=O) groups excluding carboxylic acids is 1. The van der Waals surface area contributed by atoms with Crippen molar-refractivity contribution in [2.75, 3.05) is 18.0 Å². The fourth-order valence-electron chi connectivity index (χ4n) is 3.40. The summed E-state index contributed by atoms with van der Waals surface area (Å²) < 4.78 is 5.99. The highest BCUT2D eigenvalue weighted by Gasteiger charge is 2.28. The van der Waals surface area contributed by atoms with Gasteiger partial charge in [0, 0.05) is 30.8 Å². The summed E-state index contributed by atoms with van der Waals surface area (Å²) in [7, 11) is 0. The average molecular weight is 374 g/mol. The number of rotatable bonds is 5. The van der Waals surface area contributed by atoms with Crippen molar-refractivity contribution in [3.63, 3.8) is 0 Å². The van der Waals surface area contributed by atoms with E-state index in [0.717, 1.165) is 35.5 Å². The number of benzene rings is 1. The molecule has 0 spiro atoms. The lowest BCUT2D eigenvalue weighted by Crippen LogP contribution is -2.28. The standard InChI is InChI=1S/C22H22N4O2/c1-15-7-10-20(24-13-15)28-17-11-12-26(14-17)19-9-8-18(25-21(19)22(23)27)16-5-3-2-4-6-16/h2-10,13,17H,11-12,14H2,1H3,(H2,23,27)/t17-/m1/s1. The minimum atomic E-state index is -0.530. The van der Waals surface area contributed by atoms with Gasteiger partial charge in [0.1, 0.15) is 6.10 Å². The monoisotopic (exact) mass is 374 g/mol. The summed E-state index contributed by atoms with van der Waals surface area (Å²) in [5, 5.41) is 0. The Hall–Kier alpha value is -3.41. The van der Waals surface area contributed by atoms with Crippen LogP contribution in [0.3, 0.4) is 0 Å². The molecule has 2 N–H and O–H groups in total. The van der Waals surface area contributed by atoms with Crippen molar-refractivity contribution in [3.05, 3.63) is 72.1 Å². The Morgan fingerprint density at radius 2 is 1.96 bits per heavy atom. The number of nitrogens with zero attached hydrogens (tertiary/aromatic N) is 3. The predicted octanol–water partition coefficient (Wildman–Crippen LogP) is 3.21. The van der Waals surface area contributed by atoms with Crippen LogP contribution >= 0.6 is 0 Å². The molecule has 0 aliphatic carbocycles. The highest BCUT2D eigenvalue weighted by Crippen LogP contribution is 2.28. The molecule has 0 radical (unpaired) electrons. The summed E-state index contributed by atoms with van der Waals surface area (Å²) in [4.78, 5) is 23.0. The summed E-state index contributed by atoms with van der Waals surface area (Å²) in [6.45, 7) is 3.41. The molecule has 1 aliphatic heterocycles. The normalized spacial score (nSPS) is 16.2. The molecule has 1 amide bonds. The highest BCUT2D eigenvalue weighted by atomic mass is 16.5. The third kappa shape index (κ3) is 3.81. The fraction of sp³-hybridized carbons (Fsp3) is 0.227. The molecule has 28 heavy (non-hydrogen) atoms. The maximum Gasteiger partial charge on any atom is 0.269 e. The Labute approximate surface area is 164 Å². The Morgan fingerprint density at radius 3 is 2.68 bits per heavy atom. The van der Waals surface area contributed by atoms with Crippen molar-refractivity contribution in [1.82, 2.24) is 9.97 Å². The number of anilines is 1. The van der Waals surface area contributed by atoms with Crippen molar-refractivity contribution in [2.24, 2.45) is 5.73 Å². The molecular formula is C22H22N4O2. The number of nitrogens with two attached hydrogens (primary N) is 1. The zero-order chi connectivity index (χ0) is 19.5. The second-order valence-corrected chi connectivity index (χ2v) is 6.94. The molecule has 2 aromatic heterocycles. The topological polar surface area (TPSA) is 81.3 Å². The van der Waals surface area contributed by atoms with Gasteiger partial charge in [0.2, 0.25) is 5.88 Å². The molecule has 6 heteroatoms. The predicted molar refractivity (Wildman–Crippen MR) is 108 cm³/mol. The van der Waals surface area contributed by atoms with Gasteiger partial charge in [0.15, 0.2) is 5.69 Å². The van der Waals surface area contributed by atoms with E-state index < -0.39 is 5.91 Å². The number of aromatic nitrogens is 2. The van der Waals surface area contributed by atoms with Crippen molar-refractivity contribution >= 4 is 11.6 Å². The number of primary amides is 1. The largest absolute Gasteiger partial charge is 0.472 e. The van der Waals surface area contributed by atoms with Crippen LogP contribution in [0, 0.1) is 6.92 Å². The lowest BCUT2D eigenvalue weighted by Gasteiger charge is -2.21. The van der Waals surface area contributed by atoms with Gasteiger partial charge in [0.25, 0.3) is 5.91 Å². The minimum absolute atomic E-state index is 0.00438. The van der Waals surface area contributed by atoms with E-state index in [1.807, 2.05) is 61.5 Å². The summed E-state index contributed by atoms with van der Waals surface area (Å²) >= 11 is 0. The fourth-order valence-corrected chi connectivity index (χ4v) is 3.40. The maximum absolute atomic E-state index is 12.1. The van der Waals surface area contributed by atoms with E-state index in [4.69, 9.17) is 10.5 Å². The third-order valence-corrected chi connectivity index (χ3v) is 4.83. The molecule has 1 saturated heterocycles. The van der Waals surface area contributed by atoms with E-state index >= 15 is 0 Å². The summed E-state index contributed by atoms with van der Waals surface area (Å²) in [5.74, 6) is 0.0856. The van der Waals surface area contributed by atoms with E-state index in [1.165, 1.54) is 0 Å². The molecule has 1 fully saturated rings.